The van der Waals surface area contributed by atoms with Crippen LogP contribution in [0.5, 0.6) is 0 Å². The second kappa shape index (κ2) is 29.2. The molecule has 6 rings (SSSR count). The summed E-state index contributed by atoms with van der Waals surface area (Å²) in [5.74, 6) is 0.696. The molecule has 388 valence electrons. The molecule has 71 heavy (non-hydrogen) atoms. The number of aldehydes is 1. The summed E-state index contributed by atoms with van der Waals surface area (Å²) in [6, 6.07) is 19.5. The maximum Gasteiger partial charge on any atom is 0.407 e. The van der Waals surface area contributed by atoms with Crippen molar-refractivity contribution in [1.82, 2.24) is 30.4 Å². The van der Waals surface area contributed by atoms with Crippen LogP contribution in [-0.2, 0) is 23.9 Å². The Labute approximate surface area is 424 Å². The number of rotatable bonds is 15. The summed E-state index contributed by atoms with van der Waals surface area (Å²) in [6.45, 7) is 28.0. The van der Waals surface area contributed by atoms with Crippen LogP contribution in [0.2, 0.25) is 0 Å². The quantitative estimate of drug-likeness (QED) is 0.0667. The minimum atomic E-state index is -0.793. The van der Waals surface area contributed by atoms with Crippen LogP contribution < -0.4 is 16.0 Å². The Morgan fingerprint density at radius 2 is 1.39 bits per heavy atom. The fourth-order valence-electron chi connectivity index (χ4n) is 8.83. The number of amides is 4. The maximum atomic E-state index is 13.8. The van der Waals surface area contributed by atoms with Crippen molar-refractivity contribution in [3.63, 3.8) is 0 Å². The van der Waals surface area contributed by atoms with E-state index in [1.54, 1.807) is 4.90 Å². The SMILES string of the molecule is C=CC(C)c1c(-c2cccc(NC(=O)C3CCCN3C(=O)C(NC(=O)OC)C(C)C)c2)ccc(-c2ccc(-c3cnc(C4CCCN4C)[nH]3)cc2)c1C(C)C.CC.CCC.COC(=O)NC(C=O)C(C)C. The van der Waals surface area contributed by atoms with Gasteiger partial charge in [-0.3, -0.25) is 14.5 Å². The first-order chi connectivity index (χ1) is 33.9. The lowest BCUT2D eigenvalue weighted by Gasteiger charge is -2.30. The first-order valence-corrected chi connectivity index (χ1v) is 25.5. The number of hydrogen-bond acceptors (Lipinski definition) is 9. The average molecular weight is 978 g/mol. The summed E-state index contributed by atoms with van der Waals surface area (Å²) < 4.78 is 9.07. The minimum absolute atomic E-state index is 0.0626. The highest BCUT2D eigenvalue weighted by molar-refractivity contribution is 5.99. The summed E-state index contributed by atoms with van der Waals surface area (Å²) in [4.78, 5) is 72.5. The molecular formula is C57H83N7O7. The van der Waals surface area contributed by atoms with Crippen molar-refractivity contribution in [2.75, 3.05) is 39.7 Å². The molecule has 2 fully saturated rings. The Morgan fingerprint density at radius 3 is 1.93 bits per heavy atom. The van der Waals surface area contributed by atoms with Crippen molar-refractivity contribution in [3.05, 3.63) is 96.5 Å². The van der Waals surface area contributed by atoms with Gasteiger partial charge in [-0.25, -0.2) is 14.6 Å². The van der Waals surface area contributed by atoms with E-state index in [0.29, 0.717) is 37.4 Å². The Morgan fingerprint density at radius 1 is 0.803 bits per heavy atom. The topological polar surface area (TPSA) is 175 Å². The van der Waals surface area contributed by atoms with E-state index in [4.69, 9.17) is 9.72 Å². The standard InChI is InChI=1S/C45H56N6O4.C7H13NO3.C3H8.C2H6/c1-9-29(6)40-35(32-13-10-14-33(25-32)47-43(52)38-16-12-24-51(38)44(53)41(28(4)5)49-45(54)55-8)22-21-34(39(40)27(2)3)30-17-19-31(20-18-30)36-26-46-42(48-36)37-15-11-23-50(37)7;1-5(2)6(4-9)8-7(10)11-3;1-3-2;1-2/h9-10,13-14,17-22,25-29,37-38,41H,1,11-12,15-16,23-24H2,2-8H3,(H,46,48)(H,47,52)(H,49,54);4-6H,1-3H3,(H,8,10);3H2,1-2H3;1-2H3. The van der Waals surface area contributed by atoms with Crippen molar-refractivity contribution in [1.29, 1.82) is 0 Å². The van der Waals surface area contributed by atoms with Gasteiger partial charge in [-0.05, 0) is 114 Å². The van der Waals surface area contributed by atoms with Gasteiger partial charge in [0.2, 0.25) is 11.8 Å². The molecule has 4 aromatic rings. The summed E-state index contributed by atoms with van der Waals surface area (Å²) in [6.07, 6.45) is 8.20. The molecule has 0 spiro atoms. The monoisotopic (exact) mass is 978 g/mol. The largest absolute Gasteiger partial charge is 0.453 e. The lowest BCUT2D eigenvalue weighted by molar-refractivity contribution is -0.139. The lowest BCUT2D eigenvalue weighted by Crippen LogP contribution is -2.54. The van der Waals surface area contributed by atoms with Crippen molar-refractivity contribution in [2.45, 2.75) is 144 Å². The lowest BCUT2D eigenvalue weighted by atomic mass is 9.79. The molecule has 5 atom stereocenters. The molecule has 1 aromatic heterocycles. The number of aromatic amines is 1. The first-order valence-electron chi connectivity index (χ1n) is 25.5. The van der Waals surface area contributed by atoms with E-state index in [-0.39, 0.29) is 35.5 Å². The zero-order valence-corrected chi connectivity index (χ0v) is 45.0. The van der Waals surface area contributed by atoms with Gasteiger partial charge < -0.3 is 40.1 Å². The van der Waals surface area contributed by atoms with Gasteiger partial charge in [0.25, 0.3) is 0 Å². The number of imidazole rings is 1. The number of H-pyrrole nitrogens is 1. The van der Waals surface area contributed by atoms with Crippen LogP contribution in [0.4, 0.5) is 15.3 Å². The van der Waals surface area contributed by atoms with Gasteiger partial charge in [0, 0.05) is 12.2 Å². The van der Waals surface area contributed by atoms with Gasteiger partial charge in [-0.15, -0.1) is 6.58 Å². The number of anilines is 1. The number of allylic oxidation sites excluding steroid dienone is 1. The van der Waals surface area contributed by atoms with Gasteiger partial charge in [0.1, 0.15) is 24.2 Å². The van der Waals surface area contributed by atoms with Crippen LogP contribution in [0.3, 0.4) is 0 Å². The number of alkyl carbamates (subject to hydrolysis) is 2. The van der Waals surface area contributed by atoms with E-state index in [1.807, 2.05) is 72.0 Å². The number of nitrogens with one attached hydrogen (secondary N) is 4. The molecule has 3 heterocycles. The number of hydrogen-bond donors (Lipinski definition) is 4. The number of carbonyl (C=O) groups is 5. The van der Waals surface area contributed by atoms with Crippen molar-refractivity contribution in [3.8, 4) is 33.5 Å². The third-order valence-electron chi connectivity index (χ3n) is 12.6. The molecular weight excluding hydrogens is 895 g/mol. The Kier molecular flexibility index (Phi) is 24.2. The minimum Gasteiger partial charge on any atom is -0.453 e. The smallest absolute Gasteiger partial charge is 0.407 e. The van der Waals surface area contributed by atoms with Gasteiger partial charge in [0.15, 0.2) is 0 Å². The highest BCUT2D eigenvalue weighted by Gasteiger charge is 2.39. The highest BCUT2D eigenvalue weighted by Crippen LogP contribution is 2.42. The van der Waals surface area contributed by atoms with Crippen LogP contribution in [0.25, 0.3) is 33.5 Å². The highest BCUT2D eigenvalue weighted by atomic mass is 16.5. The Bertz CT molecular complexity index is 2340. The van der Waals surface area contributed by atoms with Crippen molar-refractivity contribution in [2.24, 2.45) is 11.8 Å². The third-order valence-corrected chi connectivity index (χ3v) is 12.6. The molecule has 0 saturated carbocycles. The van der Waals surface area contributed by atoms with Crippen LogP contribution in [0.15, 0.2) is 79.5 Å². The Hall–Kier alpha value is -6.28. The van der Waals surface area contributed by atoms with Crippen molar-refractivity contribution < 1.29 is 33.4 Å². The molecule has 4 amide bonds. The predicted octanol–water partition coefficient (Wildman–Crippen LogP) is 11.9. The molecule has 2 saturated heterocycles. The first kappa shape index (κ1) is 59.0. The van der Waals surface area contributed by atoms with Crippen LogP contribution >= 0.6 is 0 Å². The van der Waals surface area contributed by atoms with E-state index in [0.717, 1.165) is 46.7 Å². The molecule has 3 aromatic carbocycles. The number of nitrogens with zero attached hydrogens (tertiary/aromatic N) is 3. The van der Waals surface area contributed by atoms with Crippen LogP contribution in [0, 0.1) is 11.8 Å². The number of benzene rings is 3. The molecule has 0 aliphatic carbocycles. The zero-order chi connectivity index (χ0) is 52.9. The summed E-state index contributed by atoms with van der Waals surface area (Å²) in [5.41, 5.74) is 9.65. The fourth-order valence-corrected chi connectivity index (χ4v) is 8.83. The summed E-state index contributed by atoms with van der Waals surface area (Å²) in [7, 11) is 4.69. The molecule has 2 aliphatic heterocycles. The van der Waals surface area contributed by atoms with Gasteiger partial charge >= 0.3 is 12.2 Å². The molecule has 0 radical (unpaired) electrons. The molecule has 14 heteroatoms. The number of ether oxygens (including phenoxy) is 2. The fraction of sp³-hybridized carbons (Fsp3) is 0.509. The third kappa shape index (κ3) is 15.9. The number of likely N-dealkylation sites (tertiary alicyclic amines) is 2. The van der Waals surface area contributed by atoms with Gasteiger partial charge in [-0.1, -0.05) is 137 Å². The summed E-state index contributed by atoms with van der Waals surface area (Å²) >= 11 is 0. The van der Waals surface area contributed by atoms with E-state index >= 15 is 0 Å². The molecule has 14 nitrogen and oxygen atoms in total. The van der Waals surface area contributed by atoms with Crippen molar-refractivity contribution >= 4 is 36.0 Å². The van der Waals surface area contributed by atoms with E-state index < -0.39 is 30.3 Å². The van der Waals surface area contributed by atoms with E-state index in [1.165, 1.54) is 43.8 Å². The van der Waals surface area contributed by atoms with Crippen LogP contribution in [-0.4, -0.2) is 103 Å². The van der Waals surface area contributed by atoms with E-state index in [9.17, 15) is 24.0 Å². The summed E-state index contributed by atoms with van der Waals surface area (Å²) in [5, 5.41) is 8.13. The van der Waals surface area contributed by atoms with Gasteiger partial charge in [0.05, 0.1) is 38.2 Å². The average Bonchev–Trinajstić information content (AvgIpc) is 4.17. The number of aromatic nitrogens is 2. The van der Waals surface area contributed by atoms with Crippen LogP contribution in [0.1, 0.15) is 143 Å². The second-order valence-corrected chi connectivity index (χ2v) is 18.9. The van der Waals surface area contributed by atoms with E-state index in [2.05, 4.69) is 121 Å². The zero-order valence-electron chi connectivity index (χ0n) is 45.0. The molecule has 2 aliphatic rings. The molecule has 5 unspecified atom stereocenters. The normalized spacial score (nSPS) is 16.5. The predicted molar refractivity (Wildman–Crippen MR) is 287 cm³/mol. The molecule has 4 N–H and O–H groups in total. The number of carbonyl (C=O) groups excluding carboxylic acids is 5. The Balaban J connectivity index is 0.000000723. The number of methoxy groups -OCH3 is 2. The van der Waals surface area contributed by atoms with Gasteiger partial charge in [-0.2, -0.15) is 0 Å². The second-order valence-electron chi connectivity index (χ2n) is 18.9. The maximum absolute atomic E-state index is 13.8. The molecule has 0 bridgehead atoms.